The summed E-state index contributed by atoms with van der Waals surface area (Å²) in [4.78, 5) is 13.9. The summed E-state index contributed by atoms with van der Waals surface area (Å²) in [5.41, 5.74) is 0. The van der Waals surface area contributed by atoms with Crippen LogP contribution in [0.25, 0.3) is 0 Å². The molecule has 0 aromatic rings. The summed E-state index contributed by atoms with van der Waals surface area (Å²) in [5.74, 6) is 1.61. The summed E-state index contributed by atoms with van der Waals surface area (Å²) in [7, 11) is -10.6. The second-order valence-corrected chi connectivity index (χ2v) is 40.0. The zero-order chi connectivity index (χ0) is 30.3. The minimum Gasteiger partial charge on any atom is -0.518 e. The molecule has 0 fully saturated rings. The SMILES string of the molecule is CCSC(SCC)[C@@H](O[Si](C)(C)C)[C@H](O[Si](C)(C)C)[C@@H](O[Si](C)(C)C)[C@@H](O[Si](C)(C)C)C(=O)O[Si](C)(C)C. The van der Waals surface area contributed by atoms with E-state index < -0.39 is 59.9 Å². The Hall–Kier alpha value is 1.09. The lowest BCUT2D eigenvalue weighted by Crippen LogP contribution is -2.62. The molecule has 0 saturated heterocycles. The van der Waals surface area contributed by atoms with Gasteiger partial charge in [0.05, 0.1) is 16.8 Å². The zero-order valence-electron chi connectivity index (χ0n) is 27.6. The van der Waals surface area contributed by atoms with Gasteiger partial charge in [0.15, 0.2) is 39.4 Å². The fraction of sp³-hybridized carbons (Fsp3) is 0.960. The second kappa shape index (κ2) is 15.5. The topological polar surface area (TPSA) is 63.2 Å². The fourth-order valence-corrected chi connectivity index (χ4v) is 11.5. The van der Waals surface area contributed by atoms with Crippen molar-refractivity contribution in [2.24, 2.45) is 0 Å². The van der Waals surface area contributed by atoms with Crippen LogP contribution in [0.15, 0.2) is 0 Å². The minimum absolute atomic E-state index is 0.145. The average molecular weight is 661 g/mol. The largest absolute Gasteiger partial charge is 0.518 e. The van der Waals surface area contributed by atoms with E-state index in [4.69, 9.17) is 22.1 Å². The molecule has 0 aliphatic carbocycles. The van der Waals surface area contributed by atoms with Crippen molar-refractivity contribution >= 4 is 71.1 Å². The summed E-state index contributed by atoms with van der Waals surface area (Å²) in [5, 5.41) is 0. The summed E-state index contributed by atoms with van der Waals surface area (Å²) < 4.78 is 34.0. The highest BCUT2D eigenvalue weighted by Crippen LogP contribution is 2.37. The molecule has 0 spiro atoms. The highest BCUT2D eigenvalue weighted by atomic mass is 32.2. The van der Waals surface area contributed by atoms with E-state index in [2.05, 4.69) is 92.4 Å². The molecule has 0 aliphatic rings. The van der Waals surface area contributed by atoms with E-state index in [9.17, 15) is 4.79 Å². The van der Waals surface area contributed by atoms with Crippen LogP contribution in [0.2, 0.25) is 98.2 Å². The number of hydrogen-bond acceptors (Lipinski definition) is 8. The van der Waals surface area contributed by atoms with Gasteiger partial charge in [-0.1, -0.05) is 13.8 Å². The Balaban J connectivity index is 7.28. The summed E-state index contributed by atoms with van der Waals surface area (Å²) in [6.45, 7) is 36.5. The van der Waals surface area contributed by atoms with Gasteiger partial charge in [-0.3, -0.25) is 4.79 Å². The molecule has 38 heavy (non-hydrogen) atoms. The van der Waals surface area contributed by atoms with Crippen LogP contribution in [-0.2, 0) is 26.9 Å². The van der Waals surface area contributed by atoms with Crippen LogP contribution in [0.4, 0.5) is 0 Å². The van der Waals surface area contributed by atoms with Crippen molar-refractivity contribution in [2.75, 3.05) is 11.5 Å². The quantitative estimate of drug-likeness (QED) is 0.108. The molecule has 13 heteroatoms. The van der Waals surface area contributed by atoms with E-state index in [1.165, 1.54) is 0 Å². The van der Waals surface area contributed by atoms with E-state index in [1.807, 2.05) is 43.2 Å². The molecular formula is C25H60O6S2Si5. The van der Waals surface area contributed by atoms with Gasteiger partial charge in [-0.25, -0.2) is 0 Å². The van der Waals surface area contributed by atoms with Gasteiger partial charge in [0, 0.05) is 0 Å². The van der Waals surface area contributed by atoms with E-state index in [-0.39, 0.29) is 16.7 Å². The van der Waals surface area contributed by atoms with Crippen LogP contribution in [0, 0.1) is 0 Å². The number of carbonyl (C=O) groups is 1. The molecule has 6 nitrogen and oxygen atoms in total. The molecule has 0 amide bonds. The van der Waals surface area contributed by atoms with Gasteiger partial charge in [-0.2, -0.15) is 0 Å². The van der Waals surface area contributed by atoms with Crippen molar-refractivity contribution < 1.29 is 26.9 Å². The lowest BCUT2D eigenvalue weighted by molar-refractivity contribution is -0.154. The number of hydrogen-bond donors (Lipinski definition) is 0. The van der Waals surface area contributed by atoms with Crippen LogP contribution in [0.5, 0.6) is 0 Å². The van der Waals surface area contributed by atoms with Crippen molar-refractivity contribution in [1.82, 2.24) is 0 Å². The van der Waals surface area contributed by atoms with Crippen LogP contribution in [0.3, 0.4) is 0 Å². The van der Waals surface area contributed by atoms with E-state index in [0.29, 0.717) is 0 Å². The van der Waals surface area contributed by atoms with Crippen molar-refractivity contribution in [3.05, 3.63) is 0 Å². The smallest absolute Gasteiger partial charge is 0.323 e. The van der Waals surface area contributed by atoms with Crippen LogP contribution < -0.4 is 0 Å². The second-order valence-electron chi connectivity index (χ2n) is 14.5. The molecule has 0 radical (unpaired) electrons. The monoisotopic (exact) mass is 660 g/mol. The Morgan fingerprint density at radius 1 is 0.526 bits per heavy atom. The first-order chi connectivity index (χ1) is 16.8. The Morgan fingerprint density at radius 3 is 1.18 bits per heavy atom. The third kappa shape index (κ3) is 17.8. The van der Waals surface area contributed by atoms with E-state index >= 15 is 0 Å². The lowest BCUT2D eigenvalue weighted by atomic mass is 10.0. The number of rotatable bonds is 18. The predicted octanol–water partition coefficient (Wildman–Crippen LogP) is 8.08. The third-order valence-corrected chi connectivity index (χ3v) is 11.9. The summed E-state index contributed by atoms with van der Waals surface area (Å²) in [6, 6.07) is 0. The van der Waals surface area contributed by atoms with E-state index in [1.54, 1.807) is 0 Å². The maximum Gasteiger partial charge on any atom is 0.323 e. The molecular weight excluding hydrogens is 601 g/mol. The summed E-state index contributed by atoms with van der Waals surface area (Å²) in [6.07, 6.45) is -2.20. The summed E-state index contributed by atoms with van der Waals surface area (Å²) >= 11 is 3.79. The van der Waals surface area contributed by atoms with Gasteiger partial charge in [0.25, 0.3) is 0 Å². The highest BCUT2D eigenvalue weighted by molar-refractivity contribution is 8.17. The molecule has 4 atom stereocenters. The molecule has 0 aromatic carbocycles. The van der Waals surface area contributed by atoms with Crippen LogP contribution in [0.1, 0.15) is 13.8 Å². The normalized spacial score (nSPS) is 17.3. The highest BCUT2D eigenvalue weighted by Gasteiger charge is 2.50. The molecule has 0 aliphatic heterocycles. The van der Waals surface area contributed by atoms with Gasteiger partial charge in [-0.15, -0.1) is 23.5 Å². The van der Waals surface area contributed by atoms with Crippen LogP contribution >= 0.6 is 23.5 Å². The molecule has 0 unspecified atom stereocenters. The number of thioether (sulfide) groups is 2. The van der Waals surface area contributed by atoms with Crippen molar-refractivity contribution in [2.45, 2.75) is 141 Å². The molecule has 0 heterocycles. The lowest BCUT2D eigenvalue weighted by Gasteiger charge is -2.46. The Morgan fingerprint density at radius 2 is 0.868 bits per heavy atom. The van der Waals surface area contributed by atoms with Gasteiger partial charge in [0.1, 0.15) is 6.10 Å². The van der Waals surface area contributed by atoms with E-state index in [0.717, 1.165) is 11.5 Å². The maximum atomic E-state index is 13.9. The molecule has 0 aromatic heterocycles. The maximum absolute atomic E-state index is 13.9. The first kappa shape index (κ1) is 39.1. The Bertz CT molecular complexity index is 705. The first-order valence-electron chi connectivity index (χ1n) is 14.0. The molecule has 0 saturated carbocycles. The molecule has 228 valence electrons. The van der Waals surface area contributed by atoms with Gasteiger partial charge in [-0.05, 0) is 110 Å². The Kier molecular flexibility index (Phi) is 16.0. The van der Waals surface area contributed by atoms with Crippen molar-refractivity contribution in [3.8, 4) is 0 Å². The van der Waals surface area contributed by atoms with Gasteiger partial charge < -0.3 is 22.1 Å². The molecule has 0 N–H and O–H groups in total. The predicted molar refractivity (Wildman–Crippen MR) is 182 cm³/mol. The standard InChI is InChI=1S/C25H60O6S2Si5/c1-18-32-25(33-19-2)23(30-37(12,13)14)21(28-35(6,7)8)20(27-34(3,4)5)22(29-36(9,10)11)24(26)31-38(15,16)17/h20-23,25H,18-19H2,1-17H3/t20-,21-,22-,23+/m1/s1. The van der Waals surface area contributed by atoms with Gasteiger partial charge in [0.2, 0.25) is 8.32 Å². The van der Waals surface area contributed by atoms with Crippen molar-refractivity contribution in [1.29, 1.82) is 0 Å². The van der Waals surface area contributed by atoms with Crippen LogP contribution in [-0.4, -0.2) is 88.1 Å². The fourth-order valence-electron chi connectivity index (χ4n) is 3.68. The number of carbonyl (C=O) groups excluding carboxylic acids is 1. The molecule has 0 bridgehead atoms. The van der Waals surface area contributed by atoms with Gasteiger partial charge >= 0.3 is 5.97 Å². The first-order valence-corrected chi connectivity index (χ1v) is 33.1. The Labute approximate surface area is 249 Å². The minimum atomic E-state index is -2.18. The molecule has 0 rings (SSSR count). The zero-order valence-corrected chi connectivity index (χ0v) is 34.2. The average Bonchev–Trinajstić information content (AvgIpc) is 2.62. The third-order valence-electron chi connectivity index (χ3n) is 4.46. The van der Waals surface area contributed by atoms with Crippen molar-refractivity contribution in [3.63, 3.8) is 0 Å².